The number of phenols is 2. The van der Waals surface area contributed by atoms with E-state index < -0.39 is 27.4 Å². The van der Waals surface area contributed by atoms with Crippen LogP contribution in [0, 0.1) is 17.5 Å². The third kappa shape index (κ3) is 28.4. The van der Waals surface area contributed by atoms with Crippen molar-refractivity contribution in [2.75, 3.05) is 0 Å². The van der Waals surface area contributed by atoms with E-state index in [-0.39, 0.29) is 72.3 Å². The maximum absolute atomic E-state index is 12.3. The fourth-order valence-electron chi connectivity index (χ4n) is 8.89. The Morgan fingerprint density at radius 1 is 0.319 bits per heavy atom. The van der Waals surface area contributed by atoms with Crippen LogP contribution in [-0.4, -0.2) is 28.8 Å². The first-order chi connectivity index (χ1) is 43.3. The monoisotopic (exact) mass is 1380 g/mol. The smallest absolute Gasteiger partial charge is 0.426 e. The van der Waals surface area contributed by atoms with Crippen LogP contribution in [-0.2, 0) is 54.6 Å². The zero-order valence-electron chi connectivity index (χ0n) is 57.0. The van der Waals surface area contributed by atoms with Crippen LogP contribution in [0.15, 0.2) is 277 Å². The molecule has 10 rings (SSSR count). The standard InChI is InChI=1S/C19H31NO.2C18H15P.C16H22F3NO.2C6H5.2Ni/c1-17(2,3)12-20-15-11-13(18(4,5)6)10-14(16(15)21)19(7,8)9;2*1-4-10-16(11-5-1)19(17-12-6-2-7-13-17)18-14-8-3-9-15-18;1-14(2,3)10-7-11(15(4,5)6)13(21)12(8-10)20-9-16(17,18)19;2*1-2-4-6-5-3-1;;/h10-12,21H,1-9H3;2*1-15H;7-9,21H,1-6H3;2*1-5H;;/q;;;;2*-1;;. The quantitative estimate of drug-likeness (QED) is 0.0689. The maximum atomic E-state index is 12.3. The van der Waals surface area contributed by atoms with Gasteiger partial charge in [-0.1, -0.05) is 298 Å². The molecule has 0 spiro atoms. The van der Waals surface area contributed by atoms with Crippen LogP contribution < -0.4 is 31.8 Å². The van der Waals surface area contributed by atoms with Gasteiger partial charge >= 0.3 is 6.18 Å². The van der Waals surface area contributed by atoms with Crippen molar-refractivity contribution in [3.63, 3.8) is 0 Å². The van der Waals surface area contributed by atoms with Crippen LogP contribution >= 0.6 is 15.8 Å². The van der Waals surface area contributed by atoms with Crippen molar-refractivity contribution >= 4 is 71.5 Å². The van der Waals surface area contributed by atoms with E-state index in [2.05, 4.69) is 272 Å². The normalized spacial score (nSPS) is 11.5. The van der Waals surface area contributed by atoms with Crippen LogP contribution in [0.3, 0.4) is 0 Å². The molecule has 0 aliphatic rings. The minimum absolute atomic E-state index is 0. The summed E-state index contributed by atoms with van der Waals surface area (Å²) < 4.78 is 36.9. The van der Waals surface area contributed by atoms with E-state index in [0.717, 1.165) is 11.1 Å². The largest absolute Gasteiger partial charge is 0.505 e. The molecule has 0 amide bonds. The molecule has 0 aliphatic carbocycles. The molecule has 10 aromatic carbocycles. The predicted octanol–water partition coefficient (Wildman–Crippen LogP) is 20.8. The SMILES string of the molecule is CC(C)(C)C=Nc1cc(C(C)(C)C)cc(C(C)(C)C)c1O.CC(C)(C)c1cc(N=CC(F)(F)F)c(O)c(C(C)(C)C)c1.[Ni].[Ni].[c-]1ccccc1.[c-]1ccccc1.c1ccc(P(c2ccccc2)c2ccccc2)cc1.c1ccc(P(c2ccccc2)c2ccccc2)cc1. The zero-order chi connectivity index (χ0) is 67.6. The molecule has 0 heterocycles. The minimum Gasteiger partial charge on any atom is -0.505 e. The fraction of sp³-hybridized carbons (Fsp3) is 0.253. The van der Waals surface area contributed by atoms with E-state index in [9.17, 15) is 23.4 Å². The number of phenolic OH excluding ortho intramolecular Hbond substituents is 2. The number of halogens is 3. The van der Waals surface area contributed by atoms with Gasteiger partial charge in [0.2, 0.25) is 0 Å². The van der Waals surface area contributed by atoms with Crippen LogP contribution in [0.2, 0.25) is 0 Å². The Balaban J connectivity index is 0.000000305. The van der Waals surface area contributed by atoms with E-state index in [1.165, 1.54) is 43.5 Å². The van der Waals surface area contributed by atoms with Gasteiger partial charge in [0.1, 0.15) is 29.1 Å². The molecular formula is C83H93F3N2Ni2O2P2-2. The van der Waals surface area contributed by atoms with E-state index in [4.69, 9.17) is 0 Å². The Bertz CT molecular complexity index is 3260. The molecule has 0 aliphatic heterocycles. The third-order valence-corrected chi connectivity index (χ3v) is 18.7. The molecule has 10 aromatic rings. The molecule has 0 unspecified atom stereocenters. The Labute approximate surface area is 583 Å². The number of benzene rings is 10. The molecule has 0 aromatic heterocycles. The average molecular weight is 1390 g/mol. The summed E-state index contributed by atoms with van der Waals surface area (Å²) in [5.74, 6) is 0.104. The zero-order valence-corrected chi connectivity index (χ0v) is 60.8. The number of alkyl halides is 3. The molecule has 0 radical (unpaired) electrons. The van der Waals surface area contributed by atoms with Gasteiger partial charge in [-0.05, 0) is 98.0 Å². The average Bonchev–Trinajstić information content (AvgIpc) is 0.817. The summed E-state index contributed by atoms with van der Waals surface area (Å²) in [6, 6.07) is 97.1. The van der Waals surface area contributed by atoms with Gasteiger partial charge in [-0.2, -0.15) is 86.0 Å². The predicted molar refractivity (Wildman–Crippen MR) is 394 cm³/mol. The Morgan fingerprint density at radius 2 is 0.543 bits per heavy atom. The van der Waals surface area contributed by atoms with Crippen LogP contribution in [0.5, 0.6) is 11.5 Å². The van der Waals surface area contributed by atoms with Crippen molar-refractivity contribution in [2.24, 2.45) is 15.4 Å². The topological polar surface area (TPSA) is 65.2 Å². The van der Waals surface area contributed by atoms with Gasteiger partial charge in [0, 0.05) is 50.3 Å². The molecule has 0 saturated heterocycles. The van der Waals surface area contributed by atoms with Crippen LogP contribution in [0.1, 0.15) is 126 Å². The molecule has 11 heteroatoms. The fourth-order valence-corrected chi connectivity index (χ4v) is 13.5. The van der Waals surface area contributed by atoms with E-state index in [1.807, 2.05) is 121 Å². The minimum atomic E-state index is -4.51. The van der Waals surface area contributed by atoms with Crippen LogP contribution in [0.4, 0.5) is 24.5 Å². The number of hydrogen-bond donors (Lipinski definition) is 2. The van der Waals surface area contributed by atoms with Gasteiger partial charge in [-0.3, -0.25) is 4.99 Å². The number of nitrogens with zero attached hydrogens (tertiary/aromatic N) is 2. The van der Waals surface area contributed by atoms with Gasteiger partial charge in [0.25, 0.3) is 0 Å². The third-order valence-electron chi connectivity index (χ3n) is 13.8. The van der Waals surface area contributed by atoms with Crippen molar-refractivity contribution < 1.29 is 56.4 Å². The number of hydrogen-bond acceptors (Lipinski definition) is 4. The second-order valence-electron chi connectivity index (χ2n) is 27.0. The summed E-state index contributed by atoms with van der Waals surface area (Å²) in [6.45, 7) is 30.8. The van der Waals surface area contributed by atoms with Gasteiger partial charge in [-0.25, -0.2) is 4.99 Å². The first-order valence-electron chi connectivity index (χ1n) is 31.0. The van der Waals surface area contributed by atoms with E-state index >= 15 is 0 Å². The van der Waals surface area contributed by atoms with Crippen molar-refractivity contribution in [3.05, 3.63) is 301 Å². The molecule has 0 fully saturated rings. The first kappa shape index (κ1) is 81.0. The van der Waals surface area contributed by atoms with Gasteiger partial charge in [0.15, 0.2) is 0 Å². The maximum Gasteiger partial charge on any atom is 0.426 e. The summed E-state index contributed by atoms with van der Waals surface area (Å²) in [5.41, 5.74) is 3.45. The number of aliphatic imine (C=N–C) groups is 2. The Hall–Kier alpha value is -7.22. The molecule has 500 valence electrons. The van der Waals surface area contributed by atoms with E-state index in [1.54, 1.807) is 0 Å². The van der Waals surface area contributed by atoms with Crippen molar-refractivity contribution in [2.45, 2.75) is 132 Å². The van der Waals surface area contributed by atoms with E-state index in [0.29, 0.717) is 17.0 Å². The number of rotatable bonds is 8. The van der Waals surface area contributed by atoms with Gasteiger partial charge < -0.3 is 10.2 Å². The molecule has 0 atom stereocenters. The summed E-state index contributed by atoms with van der Waals surface area (Å²) in [7, 11) is -0.892. The summed E-state index contributed by atoms with van der Waals surface area (Å²) in [4.78, 5) is 7.98. The van der Waals surface area contributed by atoms with Gasteiger partial charge in [0.05, 0.1) is 0 Å². The summed E-state index contributed by atoms with van der Waals surface area (Å²) in [6.07, 6.45) is -2.70. The molecule has 94 heavy (non-hydrogen) atoms. The molecule has 2 N–H and O–H groups in total. The van der Waals surface area contributed by atoms with Crippen molar-refractivity contribution in [3.8, 4) is 11.5 Å². The Kier molecular flexibility index (Phi) is 33.1. The first-order valence-corrected chi connectivity index (χ1v) is 33.7. The van der Waals surface area contributed by atoms with Crippen molar-refractivity contribution in [1.82, 2.24) is 0 Å². The molecule has 0 saturated carbocycles. The van der Waals surface area contributed by atoms with Crippen LogP contribution in [0.25, 0.3) is 0 Å². The number of aromatic hydroxyl groups is 2. The molecule has 0 bridgehead atoms. The summed E-state index contributed by atoms with van der Waals surface area (Å²) in [5, 5.41) is 29.2. The van der Waals surface area contributed by atoms with Gasteiger partial charge in [-0.15, -0.1) is 0 Å². The second-order valence-corrected chi connectivity index (χ2v) is 31.5. The molecule has 4 nitrogen and oxygen atoms in total. The summed E-state index contributed by atoms with van der Waals surface area (Å²) >= 11 is 0. The Morgan fingerprint density at radius 3 is 0.713 bits per heavy atom. The molecular weight excluding hydrogens is 1290 g/mol. The second kappa shape index (κ2) is 38.4. The van der Waals surface area contributed by atoms with Crippen molar-refractivity contribution in [1.29, 1.82) is 0 Å².